The van der Waals surface area contributed by atoms with Crippen LogP contribution >= 0.6 is 0 Å². The molecule has 2 unspecified atom stereocenters. The zero-order chi connectivity index (χ0) is 14.8. The SMILES string of the molecule is CC(NC(=O)C1CNCCO1)c1nc2ccccc2n1C. The van der Waals surface area contributed by atoms with Gasteiger partial charge in [-0.15, -0.1) is 0 Å². The van der Waals surface area contributed by atoms with Crippen LogP contribution in [0, 0.1) is 0 Å². The molecule has 6 nitrogen and oxygen atoms in total. The van der Waals surface area contributed by atoms with Gasteiger partial charge in [0, 0.05) is 20.1 Å². The molecule has 1 aliphatic heterocycles. The first-order chi connectivity index (χ1) is 10.2. The molecule has 3 rings (SSSR count). The minimum atomic E-state index is -0.420. The molecule has 1 aliphatic rings. The Hall–Kier alpha value is -1.92. The second-order valence-electron chi connectivity index (χ2n) is 5.31. The fourth-order valence-corrected chi connectivity index (χ4v) is 2.66. The van der Waals surface area contributed by atoms with Gasteiger partial charge in [0.05, 0.1) is 23.7 Å². The quantitative estimate of drug-likeness (QED) is 0.874. The number of para-hydroxylation sites is 2. The smallest absolute Gasteiger partial charge is 0.251 e. The Morgan fingerprint density at radius 1 is 1.52 bits per heavy atom. The summed E-state index contributed by atoms with van der Waals surface area (Å²) < 4.78 is 7.48. The van der Waals surface area contributed by atoms with E-state index in [0.717, 1.165) is 23.4 Å². The number of hydrogen-bond acceptors (Lipinski definition) is 4. The molecule has 0 radical (unpaired) electrons. The number of imidazole rings is 1. The number of carbonyl (C=O) groups is 1. The van der Waals surface area contributed by atoms with Crippen LogP contribution in [0.4, 0.5) is 0 Å². The summed E-state index contributed by atoms with van der Waals surface area (Å²) in [4.78, 5) is 16.8. The van der Waals surface area contributed by atoms with E-state index in [1.54, 1.807) is 0 Å². The third-order valence-electron chi connectivity index (χ3n) is 3.79. The van der Waals surface area contributed by atoms with Gasteiger partial charge in [-0.3, -0.25) is 4.79 Å². The maximum Gasteiger partial charge on any atom is 0.251 e. The molecule has 0 spiro atoms. The molecule has 1 aromatic heterocycles. The lowest BCUT2D eigenvalue weighted by Gasteiger charge is -2.24. The number of ether oxygens (including phenoxy) is 1. The number of nitrogens with one attached hydrogen (secondary N) is 2. The number of aryl methyl sites for hydroxylation is 1. The average molecular weight is 288 g/mol. The molecule has 2 atom stereocenters. The molecule has 1 saturated heterocycles. The summed E-state index contributed by atoms with van der Waals surface area (Å²) in [5.41, 5.74) is 2.00. The number of nitrogens with zero attached hydrogens (tertiary/aromatic N) is 2. The Morgan fingerprint density at radius 2 is 2.33 bits per heavy atom. The first-order valence-electron chi connectivity index (χ1n) is 7.21. The van der Waals surface area contributed by atoms with Crippen molar-refractivity contribution in [2.45, 2.75) is 19.1 Å². The number of aromatic nitrogens is 2. The summed E-state index contributed by atoms with van der Waals surface area (Å²) in [6, 6.07) is 7.78. The van der Waals surface area contributed by atoms with Crippen molar-refractivity contribution in [2.75, 3.05) is 19.7 Å². The van der Waals surface area contributed by atoms with Gasteiger partial charge in [-0.25, -0.2) is 4.98 Å². The molecule has 0 bridgehead atoms. The predicted molar refractivity (Wildman–Crippen MR) is 79.9 cm³/mol. The Labute approximate surface area is 123 Å². The van der Waals surface area contributed by atoms with Crippen LogP contribution in [0.15, 0.2) is 24.3 Å². The molecule has 1 amide bonds. The number of morpholine rings is 1. The van der Waals surface area contributed by atoms with Crippen molar-refractivity contribution in [1.82, 2.24) is 20.2 Å². The van der Waals surface area contributed by atoms with Gasteiger partial charge in [0.15, 0.2) is 0 Å². The molecule has 2 heterocycles. The van der Waals surface area contributed by atoms with Crippen LogP contribution in [0.3, 0.4) is 0 Å². The molecule has 1 aromatic carbocycles. The first kappa shape index (κ1) is 14.0. The fourth-order valence-electron chi connectivity index (χ4n) is 2.66. The second-order valence-corrected chi connectivity index (χ2v) is 5.31. The highest BCUT2D eigenvalue weighted by molar-refractivity contribution is 5.82. The minimum absolute atomic E-state index is 0.0956. The van der Waals surface area contributed by atoms with Crippen LogP contribution in [-0.4, -0.2) is 41.3 Å². The van der Waals surface area contributed by atoms with Gasteiger partial charge in [0.25, 0.3) is 5.91 Å². The van der Waals surface area contributed by atoms with Gasteiger partial charge in [-0.2, -0.15) is 0 Å². The molecule has 2 aromatic rings. The fraction of sp³-hybridized carbons (Fsp3) is 0.467. The van der Waals surface area contributed by atoms with Crippen molar-refractivity contribution in [3.8, 4) is 0 Å². The summed E-state index contributed by atoms with van der Waals surface area (Å²) in [5.74, 6) is 0.745. The van der Waals surface area contributed by atoms with Gasteiger partial charge in [0.1, 0.15) is 11.9 Å². The van der Waals surface area contributed by atoms with Crippen molar-refractivity contribution in [2.24, 2.45) is 7.05 Å². The molecule has 2 N–H and O–H groups in total. The van der Waals surface area contributed by atoms with Gasteiger partial charge in [0.2, 0.25) is 0 Å². The Kier molecular flexibility index (Phi) is 3.90. The van der Waals surface area contributed by atoms with Gasteiger partial charge in [-0.1, -0.05) is 12.1 Å². The Morgan fingerprint density at radius 3 is 3.05 bits per heavy atom. The molecule has 112 valence electrons. The minimum Gasteiger partial charge on any atom is -0.366 e. The van der Waals surface area contributed by atoms with E-state index in [0.29, 0.717) is 13.2 Å². The van der Waals surface area contributed by atoms with Crippen LogP contribution in [0.25, 0.3) is 11.0 Å². The molecular weight excluding hydrogens is 268 g/mol. The third-order valence-corrected chi connectivity index (χ3v) is 3.79. The van der Waals surface area contributed by atoms with E-state index in [1.165, 1.54) is 0 Å². The van der Waals surface area contributed by atoms with Gasteiger partial charge < -0.3 is 19.9 Å². The Bertz CT molecular complexity index is 646. The lowest BCUT2D eigenvalue weighted by Crippen LogP contribution is -2.48. The summed E-state index contributed by atoms with van der Waals surface area (Å²) in [6.07, 6.45) is -0.420. The Balaban J connectivity index is 1.75. The highest BCUT2D eigenvalue weighted by Gasteiger charge is 2.24. The maximum atomic E-state index is 12.2. The lowest BCUT2D eigenvalue weighted by atomic mass is 10.2. The second kappa shape index (κ2) is 5.83. The number of carbonyl (C=O) groups excluding carboxylic acids is 1. The highest BCUT2D eigenvalue weighted by Crippen LogP contribution is 2.19. The standard InChI is InChI=1S/C15H20N4O2/c1-10(17-15(20)13-9-16-7-8-21-13)14-18-11-5-3-4-6-12(11)19(14)2/h3-6,10,13,16H,7-9H2,1-2H3,(H,17,20). The van der Waals surface area contributed by atoms with E-state index in [-0.39, 0.29) is 11.9 Å². The van der Waals surface area contributed by atoms with Crippen LogP contribution in [-0.2, 0) is 16.6 Å². The summed E-state index contributed by atoms with van der Waals surface area (Å²) in [6.45, 7) is 3.86. The lowest BCUT2D eigenvalue weighted by molar-refractivity contribution is -0.134. The zero-order valence-corrected chi connectivity index (χ0v) is 12.3. The normalized spacial score (nSPS) is 20.4. The van der Waals surface area contributed by atoms with Crippen LogP contribution in [0.5, 0.6) is 0 Å². The number of benzene rings is 1. The van der Waals surface area contributed by atoms with Crippen molar-refractivity contribution in [3.63, 3.8) is 0 Å². The predicted octanol–water partition coefficient (Wildman–Crippen LogP) is 0.739. The molecule has 0 saturated carbocycles. The van der Waals surface area contributed by atoms with E-state index < -0.39 is 6.10 Å². The van der Waals surface area contributed by atoms with E-state index in [9.17, 15) is 4.79 Å². The average Bonchev–Trinajstić information content (AvgIpc) is 2.86. The van der Waals surface area contributed by atoms with Crippen LogP contribution in [0.2, 0.25) is 0 Å². The van der Waals surface area contributed by atoms with Gasteiger partial charge >= 0.3 is 0 Å². The number of fused-ring (bicyclic) bond motifs is 1. The van der Waals surface area contributed by atoms with Crippen LogP contribution < -0.4 is 10.6 Å². The van der Waals surface area contributed by atoms with E-state index in [2.05, 4.69) is 15.6 Å². The molecule has 0 aliphatic carbocycles. The maximum absolute atomic E-state index is 12.2. The van der Waals surface area contributed by atoms with Crippen molar-refractivity contribution in [1.29, 1.82) is 0 Å². The van der Waals surface area contributed by atoms with Crippen molar-refractivity contribution in [3.05, 3.63) is 30.1 Å². The first-order valence-corrected chi connectivity index (χ1v) is 7.21. The van der Waals surface area contributed by atoms with Crippen LogP contribution in [0.1, 0.15) is 18.8 Å². The molecule has 1 fully saturated rings. The molecular formula is C15H20N4O2. The third kappa shape index (κ3) is 2.77. The number of hydrogen-bond donors (Lipinski definition) is 2. The van der Waals surface area contributed by atoms with Crippen molar-refractivity contribution >= 4 is 16.9 Å². The van der Waals surface area contributed by atoms with Gasteiger partial charge in [-0.05, 0) is 19.1 Å². The van der Waals surface area contributed by atoms with E-state index in [4.69, 9.17) is 4.74 Å². The van der Waals surface area contributed by atoms with E-state index in [1.807, 2.05) is 42.8 Å². The number of rotatable bonds is 3. The van der Waals surface area contributed by atoms with Crippen molar-refractivity contribution < 1.29 is 9.53 Å². The highest BCUT2D eigenvalue weighted by atomic mass is 16.5. The number of amides is 1. The topological polar surface area (TPSA) is 68.2 Å². The zero-order valence-electron chi connectivity index (χ0n) is 12.3. The summed E-state index contributed by atoms with van der Waals surface area (Å²) >= 11 is 0. The molecule has 6 heteroatoms. The van der Waals surface area contributed by atoms with E-state index >= 15 is 0 Å². The summed E-state index contributed by atoms with van der Waals surface area (Å²) in [7, 11) is 1.96. The molecule has 21 heavy (non-hydrogen) atoms. The monoisotopic (exact) mass is 288 g/mol. The summed E-state index contributed by atoms with van der Waals surface area (Å²) in [5, 5.41) is 6.14. The largest absolute Gasteiger partial charge is 0.366 e.